The van der Waals surface area contributed by atoms with E-state index in [1.165, 1.54) is 0 Å². The van der Waals surface area contributed by atoms with E-state index in [1.807, 2.05) is 41.5 Å². The average Bonchev–Trinajstić information content (AvgIpc) is 3.24. The summed E-state index contributed by atoms with van der Waals surface area (Å²) in [6, 6.07) is 2.57. The van der Waals surface area contributed by atoms with Crippen LogP contribution >= 0.6 is 35.3 Å². The van der Waals surface area contributed by atoms with Gasteiger partial charge in [-0.25, -0.2) is 0 Å². The topological polar surface area (TPSA) is 191 Å². The molecule has 0 aromatic carbocycles. The number of aliphatic hydroxyl groups excluding tert-OH is 1. The number of aliphatic hydroxyl groups is 1. The van der Waals surface area contributed by atoms with Crippen LogP contribution in [0, 0.1) is 17.3 Å². The second-order valence-electron chi connectivity index (χ2n) is 14.3. The quantitative estimate of drug-likeness (QED) is 0.0526. The minimum atomic E-state index is -2.45. The normalized spacial score (nSPS) is 13.1. The van der Waals surface area contributed by atoms with Gasteiger partial charge in [0.25, 0.3) is 0 Å². The zero-order valence-electron chi connectivity index (χ0n) is 39.2. The summed E-state index contributed by atoms with van der Waals surface area (Å²) in [5, 5.41) is 16.9. The van der Waals surface area contributed by atoms with E-state index in [2.05, 4.69) is 16.0 Å². The van der Waals surface area contributed by atoms with Crippen LogP contribution in [0.2, 0.25) is 18.1 Å². The van der Waals surface area contributed by atoms with Gasteiger partial charge in [-0.1, -0.05) is 27.7 Å². The van der Waals surface area contributed by atoms with E-state index in [9.17, 15) is 14.4 Å². The third kappa shape index (κ3) is 28.9. The molecule has 0 aromatic rings. The zero-order chi connectivity index (χ0) is 46.0. The van der Waals surface area contributed by atoms with E-state index >= 15 is 0 Å². The second kappa shape index (κ2) is 37.1. The van der Waals surface area contributed by atoms with Crippen molar-refractivity contribution in [3.05, 3.63) is 0 Å². The third-order valence-corrected chi connectivity index (χ3v) is 21.5. The standard InChI is InChI=1S/C13H29NO4SSi.C12H27NO5SSi.C12H27NO4SSi/c1-11(2)14-13(15)12(3)10-19-8-7-9-20(16-4,17-5)18-6;1-11(12(15)13-6-7-14)10-19-8-5-9-20(16-2,17-3)18-4;1-12(2,11(14)13-3)10-18-8-7-9-19(15-4,16-5)17-6/h11-12H,7-10H2,1-6H3,(H,14,15);11,14H,5-10H2,1-4H3,(H,13,15);7-10H2,1-6H3,(H,13,14). The molecule has 354 valence electrons. The van der Waals surface area contributed by atoms with Crippen LogP contribution in [0.1, 0.15) is 60.8 Å². The SMILES string of the molecule is CNC(=O)C(C)(C)CSCCC[Si](OC)(OC)OC.CO[Si](CCCSCC(C)C(=O)NC(C)C)(OC)OC.CO[Si](CCCSCC(C)C(=O)NCCO)(OC)OC. The lowest BCUT2D eigenvalue weighted by Crippen LogP contribution is -2.42. The monoisotopic (exact) mass is 957 g/mol. The molecule has 0 saturated heterocycles. The van der Waals surface area contributed by atoms with Crippen LogP contribution in [0.5, 0.6) is 0 Å². The fourth-order valence-corrected chi connectivity index (χ4v) is 14.1. The molecule has 0 bridgehead atoms. The van der Waals surface area contributed by atoms with Gasteiger partial charge < -0.3 is 60.9 Å². The van der Waals surface area contributed by atoms with E-state index in [1.54, 1.807) is 106 Å². The largest absolute Gasteiger partial charge is 0.500 e. The number of rotatable bonds is 33. The van der Waals surface area contributed by atoms with Gasteiger partial charge in [0.05, 0.1) is 12.0 Å². The third-order valence-electron chi connectivity index (χ3n) is 8.89. The Kier molecular flexibility index (Phi) is 39.6. The van der Waals surface area contributed by atoms with E-state index in [0.29, 0.717) is 6.54 Å². The van der Waals surface area contributed by atoms with Crippen molar-refractivity contribution in [2.45, 2.75) is 85.0 Å². The van der Waals surface area contributed by atoms with Crippen molar-refractivity contribution in [3.63, 3.8) is 0 Å². The molecule has 59 heavy (non-hydrogen) atoms. The molecule has 4 N–H and O–H groups in total. The number of hydrogen-bond donors (Lipinski definition) is 4. The summed E-state index contributed by atoms with van der Waals surface area (Å²) in [4.78, 5) is 34.9. The first kappa shape index (κ1) is 63.0. The molecule has 0 saturated carbocycles. The molecule has 16 nitrogen and oxygen atoms in total. The Bertz CT molecular complexity index is 1040. The highest BCUT2D eigenvalue weighted by Crippen LogP contribution is 2.25. The van der Waals surface area contributed by atoms with Crippen LogP contribution < -0.4 is 16.0 Å². The molecular formula is C37H83N3O13S3Si3. The van der Waals surface area contributed by atoms with Crippen LogP contribution in [-0.4, -0.2) is 174 Å². The summed E-state index contributed by atoms with van der Waals surface area (Å²) in [6.07, 6.45) is 2.85. The summed E-state index contributed by atoms with van der Waals surface area (Å²) in [6.45, 7) is 12.0. The smallest absolute Gasteiger partial charge is 0.395 e. The highest BCUT2D eigenvalue weighted by Gasteiger charge is 2.38. The minimum Gasteiger partial charge on any atom is -0.395 e. The molecule has 3 amide bonds. The van der Waals surface area contributed by atoms with Crippen LogP contribution in [0.15, 0.2) is 0 Å². The predicted octanol–water partition coefficient (Wildman–Crippen LogP) is 4.64. The molecule has 0 rings (SSSR count). The lowest BCUT2D eigenvalue weighted by Gasteiger charge is -2.25. The van der Waals surface area contributed by atoms with Crippen molar-refractivity contribution in [3.8, 4) is 0 Å². The highest BCUT2D eigenvalue weighted by atomic mass is 32.2. The lowest BCUT2D eigenvalue weighted by atomic mass is 9.95. The van der Waals surface area contributed by atoms with Gasteiger partial charge in [0.15, 0.2) is 0 Å². The molecule has 2 atom stereocenters. The fraction of sp³-hybridized carbons (Fsp3) is 0.919. The molecule has 0 radical (unpaired) electrons. The van der Waals surface area contributed by atoms with Gasteiger partial charge in [0, 0.05) is 131 Å². The molecule has 0 aliphatic carbocycles. The number of carbonyl (C=O) groups is 3. The number of hydrogen-bond acceptors (Lipinski definition) is 16. The van der Waals surface area contributed by atoms with Gasteiger partial charge in [0.2, 0.25) is 17.7 Å². The molecule has 0 aliphatic rings. The van der Waals surface area contributed by atoms with Crippen molar-refractivity contribution in [1.29, 1.82) is 0 Å². The number of amides is 3. The van der Waals surface area contributed by atoms with Gasteiger partial charge in [-0.05, 0) is 50.4 Å². The Hall–Kier alpha value is -0.289. The van der Waals surface area contributed by atoms with Gasteiger partial charge in [-0.2, -0.15) is 35.3 Å². The Labute approximate surface area is 373 Å². The number of carbonyl (C=O) groups excluding carboxylic acids is 3. The van der Waals surface area contributed by atoms with Gasteiger partial charge in [-0.15, -0.1) is 0 Å². The highest BCUT2D eigenvalue weighted by molar-refractivity contribution is 7.99. The van der Waals surface area contributed by atoms with Gasteiger partial charge >= 0.3 is 26.4 Å². The van der Waals surface area contributed by atoms with Crippen molar-refractivity contribution < 1.29 is 59.3 Å². The Balaban J connectivity index is -0.000000798. The summed E-state index contributed by atoms with van der Waals surface area (Å²) in [5.74, 6) is 5.44. The Morgan fingerprint density at radius 3 is 1.24 bits per heavy atom. The van der Waals surface area contributed by atoms with E-state index in [4.69, 9.17) is 44.9 Å². The molecule has 22 heteroatoms. The second-order valence-corrected chi connectivity index (χ2v) is 27.0. The van der Waals surface area contributed by atoms with Crippen LogP contribution in [-0.2, 0) is 54.2 Å². The number of thioether (sulfide) groups is 3. The molecule has 0 spiro atoms. The van der Waals surface area contributed by atoms with Gasteiger partial charge in [-0.3, -0.25) is 14.4 Å². The first-order valence-corrected chi connectivity index (χ1v) is 29.2. The maximum absolute atomic E-state index is 11.7. The first-order chi connectivity index (χ1) is 27.8. The first-order valence-electron chi connectivity index (χ1n) is 19.9. The van der Waals surface area contributed by atoms with Crippen LogP contribution in [0.25, 0.3) is 0 Å². The Morgan fingerprint density at radius 2 is 0.932 bits per heavy atom. The molecular weight excluding hydrogens is 875 g/mol. The summed E-state index contributed by atoms with van der Waals surface area (Å²) >= 11 is 5.28. The van der Waals surface area contributed by atoms with E-state index in [0.717, 1.165) is 71.9 Å². The molecule has 0 heterocycles. The average molecular weight is 959 g/mol. The van der Waals surface area contributed by atoms with Gasteiger partial charge in [0.1, 0.15) is 0 Å². The van der Waals surface area contributed by atoms with Crippen molar-refractivity contribution in [1.82, 2.24) is 16.0 Å². The van der Waals surface area contributed by atoms with Crippen molar-refractivity contribution >= 4 is 79.4 Å². The maximum Gasteiger partial charge on any atom is 0.500 e. The summed E-state index contributed by atoms with van der Waals surface area (Å²) < 4.78 is 48.2. The zero-order valence-corrected chi connectivity index (χ0v) is 44.7. The van der Waals surface area contributed by atoms with E-state index in [-0.39, 0.29) is 47.6 Å². The lowest BCUT2D eigenvalue weighted by molar-refractivity contribution is -0.127. The summed E-state index contributed by atoms with van der Waals surface area (Å²) in [5.41, 5.74) is -0.336. The van der Waals surface area contributed by atoms with Crippen LogP contribution in [0.3, 0.4) is 0 Å². The molecule has 0 aromatic heterocycles. The molecule has 0 aliphatic heterocycles. The molecule has 0 fully saturated rings. The van der Waals surface area contributed by atoms with Crippen LogP contribution in [0.4, 0.5) is 0 Å². The summed E-state index contributed by atoms with van der Waals surface area (Å²) in [7, 11) is 8.95. The van der Waals surface area contributed by atoms with Crippen molar-refractivity contribution in [2.24, 2.45) is 17.3 Å². The maximum atomic E-state index is 11.7. The van der Waals surface area contributed by atoms with Crippen molar-refractivity contribution in [2.75, 3.05) is 119 Å². The predicted molar refractivity (Wildman–Crippen MR) is 250 cm³/mol. The Morgan fingerprint density at radius 1 is 0.593 bits per heavy atom. The minimum absolute atomic E-state index is 0.0130. The number of nitrogens with one attached hydrogen (secondary N) is 3. The fourth-order valence-electron chi connectivity index (χ4n) is 5.02. The molecule has 2 unspecified atom stereocenters. The van der Waals surface area contributed by atoms with E-state index < -0.39 is 26.4 Å².